The number of Topliss-reactive ketones (excluding diaryl/α,β-unsaturated/α-hetero) is 1. The molecule has 0 atom stereocenters. The molecule has 0 aromatic carbocycles. The van der Waals surface area contributed by atoms with Crippen LogP contribution in [0.4, 0.5) is 0 Å². The Kier molecular flexibility index (Phi) is 1.69. The summed E-state index contributed by atoms with van der Waals surface area (Å²) in [7, 11) is 0. The van der Waals surface area contributed by atoms with E-state index in [1.807, 2.05) is 0 Å². The molecule has 13 heavy (non-hydrogen) atoms. The molecule has 0 radical (unpaired) electrons. The van der Waals surface area contributed by atoms with Crippen molar-refractivity contribution in [2.24, 2.45) is 0 Å². The van der Waals surface area contributed by atoms with E-state index >= 15 is 0 Å². The Balaban J connectivity index is 2.53. The van der Waals surface area contributed by atoms with Crippen molar-refractivity contribution in [1.29, 1.82) is 0 Å². The smallest absolute Gasteiger partial charge is 0.339 e. The number of fused-ring (bicyclic) bond motifs is 1. The molecular weight excluding hydrogens is 172 g/mol. The van der Waals surface area contributed by atoms with Crippen LogP contribution in [0.5, 0.6) is 0 Å². The first-order valence-corrected chi connectivity index (χ1v) is 4.07. The Morgan fingerprint density at radius 3 is 2.92 bits per heavy atom. The molecule has 1 aromatic heterocycles. The Hall–Kier alpha value is -1.58. The number of carbonyl (C=O) groups is 2. The van der Waals surface area contributed by atoms with Gasteiger partial charge in [0, 0.05) is 12.0 Å². The fourth-order valence-corrected chi connectivity index (χ4v) is 1.58. The zero-order chi connectivity index (χ0) is 9.42. The van der Waals surface area contributed by atoms with Crippen LogP contribution in [0.2, 0.25) is 0 Å². The molecule has 1 aliphatic rings. The maximum atomic E-state index is 11.2. The van der Waals surface area contributed by atoms with Crippen LogP contribution in [0.15, 0.2) is 10.7 Å². The number of carboxylic acids is 1. The maximum absolute atomic E-state index is 11.2. The molecule has 68 valence electrons. The topological polar surface area (TPSA) is 67.5 Å². The lowest BCUT2D eigenvalue weighted by Crippen LogP contribution is -2.11. The van der Waals surface area contributed by atoms with Crippen molar-refractivity contribution >= 4 is 11.8 Å². The van der Waals surface area contributed by atoms with Crippen molar-refractivity contribution in [3.8, 4) is 0 Å². The number of ketones is 1. The molecule has 0 unspecified atom stereocenters. The summed E-state index contributed by atoms with van der Waals surface area (Å²) < 4.78 is 4.93. The van der Waals surface area contributed by atoms with Crippen LogP contribution in [0.25, 0.3) is 0 Å². The summed E-state index contributed by atoms with van der Waals surface area (Å²) in [6.07, 6.45) is 2.95. The molecule has 1 aromatic rings. The minimum absolute atomic E-state index is 0.0891. The molecule has 0 saturated heterocycles. The summed E-state index contributed by atoms with van der Waals surface area (Å²) in [6.45, 7) is 0. The zero-order valence-electron chi connectivity index (χ0n) is 6.87. The fraction of sp³-hybridized carbons (Fsp3) is 0.333. The van der Waals surface area contributed by atoms with Gasteiger partial charge in [0.15, 0.2) is 11.5 Å². The van der Waals surface area contributed by atoms with Crippen LogP contribution in [0.3, 0.4) is 0 Å². The molecule has 1 N–H and O–H groups in total. The molecule has 4 nitrogen and oxygen atoms in total. The van der Waals surface area contributed by atoms with E-state index in [-0.39, 0.29) is 17.1 Å². The number of hydrogen-bond donors (Lipinski definition) is 1. The number of aromatic carboxylic acids is 1. The third-order valence-corrected chi connectivity index (χ3v) is 2.21. The van der Waals surface area contributed by atoms with Crippen LogP contribution in [0.1, 0.15) is 39.3 Å². The quantitative estimate of drug-likeness (QED) is 0.711. The summed E-state index contributed by atoms with van der Waals surface area (Å²) in [5.41, 5.74) is 0.687. The monoisotopic (exact) mass is 180 g/mol. The molecule has 4 heteroatoms. The Labute approximate surface area is 74.2 Å². The van der Waals surface area contributed by atoms with Crippen LogP contribution < -0.4 is 0 Å². The number of carbonyl (C=O) groups excluding carboxylic acids is 1. The first-order valence-electron chi connectivity index (χ1n) is 4.07. The second kappa shape index (κ2) is 2.73. The van der Waals surface area contributed by atoms with Gasteiger partial charge in [-0.05, 0) is 12.8 Å². The van der Waals surface area contributed by atoms with Gasteiger partial charge in [0.2, 0.25) is 0 Å². The fourth-order valence-electron chi connectivity index (χ4n) is 1.58. The summed E-state index contributed by atoms with van der Waals surface area (Å²) >= 11 is 0. The van der Waals surface area contributed by atoms with Crippen molar-refractivity contribution in [2.75, 3.05) is 0 Å². The molecule has 0 aliphatic heterocycles. The summed E-state index contributed by atoms with van der Waals surface area (Å²) in [4.78, 5) is 21.9. The molecule has 0 fully saturated rings. The van der Waals surface area contributed by atoms with Gasteiger partial charge in [-0.1, -0.05) is 0 Å². The lowest BCUT2D eigenvalue weighted by molar-refractivity contribution is 0.0695. The second-order valence-corrected chi connectivity index (χ2v) is 3.04. The van der Waals surface area contributed by atoms with E-state index in [9.17, 15) is 9.59 Å². The van der Waals surface area contributed by atoms with E-state index in [0.717, 1.165) is 6.26 Å². The molecule has 0 amide bonds. The first kappa shape index (κ1) is 8.04. The van der Waals surface area contributed by atoms with Crippen LogP contribution in [0, 0.1) is 0 Å². The standard InChI is InChI=1S/C9H8O4/c10-7-3-1-2-5-6(9(11)12)4-13-8(5)7/h4H,1-3H2,(H,11,12). The predicted octanol–water partition coefficient (Wildman–Crippen LogP) is 1.50. The van der Waals surface area contributed by atoms with Crippen molar-refractivity contribution in [3.05, 3.63) is 23.2 Å². The van der Waals surface area contributed by atoms with Crippen molar-refractivity contribution < 1.29 is 19.1 Å². The zero-order valence-corrected chi connectivity index (χ0v) is 6.87. The average molecular weight is 180 g/mol. The number of rotatable bonds is 1. The van der Waals surface area contributed by atoms with Gasteiger partial charge in [0.1, 0.15) is 11.8 Å². The van der Waals surface area contributed by atoms with Gasteiger partial charge in [-0.2, -0.15) is 0 Å². The average Bonchev–Trinajstić information content (AvgIpc) is 2.48. The van der Waals surface area contributed by atoms with Gasteiger partial charge in [0.05, 0.1) is 0 Å². The lowest BCUT2D eigenvalue weighted by Gasteiger charge is -2.08. The van der Waals surface area contributed by atoms with E-state index in [2.05, 4.69) is 0 Å². The molecule has 1 aliphatic carbocycles. The van der Waals surface area contributed by atoms with Gasteiger partial charge < -0.3 is 9.52 Å². The van der Waals surface area contributed by atoms with Gasteiger partial charge >= 0.3 is 5.97 Å². The maximum Gasteiger partial charge on any atom is 0.339 e. The van der Waals surface area contributed by atoms with Crippen LogP contribution in [-0.2, 0) is 6.42 Å². The Bertz CT molecular complexity index is 361. The highest BCUT2D eigenvalue weighted by atomic mass is 16.4. The summed E-state index contributed by atoms with van der Waals surface area (Å²) in [6, 6.07) is 0. The summed E-state index contributed by atoms with van der Waals surface area (Å²) in [5, 5.41) is 8.74. The van der Waals surface area contributed by atoms with Crippen molar-refractivity contribution in [2.45, 2.75) is 19.3 Å². The molecular formula is C9H8O4. The number of furan rings is 1. The summed E-state index contributed by atoms with van der Waals surface area (Å²) in [5.74, 6) is -0.878. The minimum atomic E-state index is -1.03. The highest BCUT2D eigenvalue weighted by Gasteiger charge is 2.26. The molecule has 0 saturated carbocycles. The van der Waals surface area contributed by atoms with E-state index in [1.54, 1.807) is 0 Å². The second-order valence-electron chi connectivity index (χ2n) is 3.04. The molecule has 1 heterocycles. The highest BCUT2D eigenvalue weighted by Crippen LogP contribution is 2.25. The number of hydrogen-bond acceptors (Lipinski definition) is 3. The van der Waals surface area contributed by atoms with Gasteiger partial charge in [-0.3, -0.25) is 4.79 Å². The molecule has 0 spiro atoms. The van der Waals surface area contributed by atoms with E-state index in [4.69, 9.17) is 9.52 Å². The Morgan fingerprint density at radius 1 is 1.46 bits per heavy atom. The normalized spacial score (nSPS) is 15.5. The van der Waals surface area contributed by atoms with Crippen molar-refractivity contribution in [1.82, 2.24) is 0 Å². The Morgan fingerprint density at radius 2 is 2.23 bits per heavy atom. The highest BCUT2D eigenvalue weighted by molar-refractivity contribution is 6.00. The van der Waals surface area contributed by atoms with E-state index in [0.29, 0.717) is 24.8 Å². The third-order valence-electron chi connectivity index (χ3n) is 2.21. The number of carboxylic acid groups (broad SMARTS) is 1. The molecule has 2 rings (SSSR count). The largest absolute Gasteiger partial charge is 0.478 e. The van der Waals surface area contributed by atoms with Crippen LogP contribution in [-0.4, -0.2) is 16.9 Å². The molecule has 0 bridgehead atoms. The van der Waals surface area contributed by atoms with Crippen LogP contribution >= 0.6 is 0 Å². The van der Waals surface area contributed by atoms with Gasteiger partial charge in [-0.15, -0.1) is 0 Å². The van der Waals surface area contributed by atoms with Gasteiger partial charge in [0.25, 0.3) is 0 Å². The van der Waals surface area contributed by atoms with Gasteiger partial charge in [-0.25, -0.2) is 4.79 Å². The minimum Gasteiger partial charge on any atom is -0.478 e. The SMILES string of the molecule is O=C(O)c1coc2c1CCCC2=O. The lowest BCUT2D eigenvalue weighted by atomic mass is 9.94. The van der Waals surface area contributed by atoms with E-state index < -0.39 is 5.97 Å². The third kappa shape index (κ3) is 1.14. The van der Waals surface area contributed by atoms with Crippen molar-refractivity contribution in [3.63, 3.8) is 0 Å². The first-order chi connectivity index (χ1) is 6.20. The predicted molar refractivity (Wildman–Crippen MR) is 42.9 cm³/mol. The van der Waals surface area contributed by atoms with E-state index in [1.165, 1.54) is 0 Å².